The Morgan fingerprint density at radius 3 is 2.35 bits per heavy atom. The molecule has 2 fully saturated rings. The molecule has 1 aromatic heterocycles. The third-order valence-electron chi connectivity index (χ3n) is 9.19. The zero-order valence-corrected chi connectivity index (χ0v) is 28.2. The summed E-state index contributed by atoms with van der Waals surface area (Å²) < 4.78 is 16.6. The Kier molecular flexibility index (Phi) is 11.0. The second-order valence-electron chi connectivity index (χ2n) is 12.8. The van der Waals surface area contributed by atoms with E-state index in [1.54, 1.807) is 42.0 Å². The van der Waals surface area contributed by atoms with Crippen molar-refractivity contribution in [3.63, 3.8) is 0 Å². The summed E-state index contributed by atoms with van der Waals surface area (Å²) >= 11 is 0. The summed E-state index contributed by atoms with van der Waals surface area (Å²) in [5.41, 5.74) is 1.78. The van der Waals surface area contributed by atoms with Gasteiger partial charge >= 0.3 is 0 Å². The number of nitrogens with zero attached hydrogens (tertiary/aromatic N) is 3. The van der Waals surface area contributed by atoms with Gasteiger partial charge in [-0.2, -0.15) is 0 Å². The van der Waals surface area contributed by atoms with Crippen molar-refractivity contribution in [2.45, 2.75) is 52.2 Å². The van der Waals surface area contributed by atoms with Crippen molar-refractivity contribution >= 4 is 23.6 Å². The van der Waals surface area contributed by atoms with Gasteiger partial charge in [0.25, 0.3) is 11.8 Å². The third-order valence-corrected chi connectivity index (χ3v) is 9.19. The first-order valence-electron chi connectivity index (χ1n) is 16.5. The van der Waals surface area contributed by atoms with Crippen LogP contribution in [0.5, 0.6) is 11.5 Å². The topological polar surface area (TPSA) is 143 Å². The molecule has 3 unspecified atom stereocenters. The lowest BCUT2D eigenvalue weighted by atomic mass is 9.79. The van der Waals surface area contributed by atoms with Crippen molar-refractivity contribution in [1.29, 1.82) is 0 Å². The van der Waals surface area contributed by atoms with Crippen LogP contribution in [0, 0.1) is 24.7 Å². The van der Waals surface area contributed by atoms with Crippen LogP contribution in [-0.4, -0.2) is 90.9 Å². The monoisotopic (exact) mass is 659 g/mol. The minimum Gasteiger partial charge on any atom is -0.493 e. The Labute approximate surface area is 281 Å². The molecule has 256 valence electrons. The van der Waals surface area contributed by atoms with E-state index in [1.165, 1.54) is 13.5 Å². The number of nitrogens with one attached hydrogen (secondary N) is 2. The van der Waals surface area contributed by atoms with Gasteiger partial charge in [-0.25, -0.2) is 4.98 Å². The molecule has 3 aromatic rings. The van der Waals surface area contributed by atoms with Gasteiger partial charge in [0.15, 0.2) is 23.6 Å². The van der Waals surface area contributed by atoms with E-state index >= 15 is 0 Å². The van der Waals surface area contributed by atoms with Gasteiger partial charge in [-0.15, -0.1) is 0 Å². The molecule has 2 aliphatic heterocycles. The van der Waals surface area contributed by atoms with Gasteiger partial charge < -0.3 is 34.3 Å². The summed E-state index contributed by atoms with van der Waals surface area (Å²) in [6.45, 7) is 6.66. The highest BCUT2D eigenvalue weighted by Crippen LogP contribution is 2.38. The molecule has 48 heavy (non-hydrogen) atoms. The highest BCUT2D eigenvalue weighted by molar-refractivity contribution is 5.96. The van der Waals surface area contributed by atoms with Crippen LogP contribution < -0.4 is 20.1 Å². The van der Waals surface area contributed by atoms with Crippen LogP contribution in [0.4, 0.5) is 0 Å². The fourth-order valence-electron chi connectivity index (χ4n) is 6.76. The molecule has 0 bridgehead atoms. The molecule has 12 nitrogen and oxygen atoms in total. The number of hydrogen-bond acceptors (Lipinski definition) is 8. The minimum atomic E-state index is -0.744. The summed E-state index contributed by atoms with van der Waals surface area (Å²) in [5.74, 6) is -0.799. The maximum Gasteiger partial charge on any atom is 0.276 e. The van der Waals surface area contributed by atoms with Crippen molar-refractivity contribution in [2.75, 3.05) is 40.3 Å². The van der Waals surface area contributed by atoms with Gasteiger partial charge in [0.1, 0.15) is 11.8 Å². The summed E-state index contributed by atoms with van der Waals surface area (Å²) in [6.07, 6.45) is 3.07. The van der Waals surface area contributed by atoms with Crippen LogP contribution in [0.15, 0.2) is 59.3 Å². The number of methoxy groups -OCH3 is 1. The van der Waals surface area contributed by atoms with Crippen molar-refractivity contribution in [3.8, 4) is 11.5 Å². The van der Waals surface area contributed by atoms with E-state index in [0.29, 0.717) is 55.3 Å². The predicted octanol–water partition coefficient (Wildman–Crippen LogP) is 3.49. The second kappa shape index (κ2) is 15.4. The number of piperidine rings is 1. The number of likely N-dealkylation sites (N-methyl/N-ethyl adjacent to an activating group) is 1. The number of ether oxygens (including phenoxy) is 2. The molecule has 2 aromatic carbocycles. The quantitative estimate of drug-likeness (QED) is 0.301. The van der Waals surface area contributed by atoms with Gasteiger partial charge in [0, 0.05) is 38.8 Å². The Bertz CT molecular complexity index is 1610. The normalized spacial score (nSPS) is 19.4. The SMILES string of the molecule is CNC(=O)[C@H](CCCc1ccccc1)NC(=O)C1CN(C(=O)c2ncoc2C)CC2CN(C(=O)c3ccc(OC(C)C)c(OC)c3)CC21. The number of likely N-dealkylation sites (tertiary alicyclic amines) is 2. The van der Waals surface area contributed by atoms with E-state index in [-0.39, 0.29) is 53.8 Å². The second-order valence-corrected chi connectivity index (χ2v) is 12.8. The highest BCUT2D eigenvalue weighted by Gasteiger charge is 2.48. The number of oxazole rings is 1. The number of carbonyl (C=O) groups excluding carboxylic acids is 4. The highest BCUT2D eigenvalue weighted by atomic mass is 16.5. The van der Waals surface area contributed by atoms with E-state index in [4.69, 9.17) is 13.9 Å². The molecule has 0 spiro atoms. The molecule has 5 rings (SSSR count). The minimum absolute atomic E-state index is 0.0659. The first-order valence-corrected chi connectivity index (χ1v) is 16.5. The standard InChI is InChI=1S/C36H45N5O7/c1-22(2)48-30-15-14-25(16-31(30)46-5)35(44)40-17-26-18-41(36(45)32-23(3)47-21-38-32)20-28(27(26)19-40)33(42)39-29(34(43)37-4)13-9-12-24-10-7-6-8-11-24/h6-8,10-11,14-16,21-22,26-29H,9,12-13,17-20H2,1-5H3,(H,37,43)(H,39,42)/t26?,27?,28?,29-/m0/s1. The molecule has 0 radical (unpaired) electrons. The molecule has 2 saturated heterocycles. The first-order chi connectivity index (χ1) is 23.1. The summed E-state index contributed by atoms with van der Waals surface area (Å²) in [4.78, 5) is 61.9. The van der Waals surface area contributed by atoms with E-state index in [0.717, 1.165) is 12.0 Å². The number of rotatable bonds is 12. The lowest BCUT2D eigenvalue weighted by molar-refractivity contribution is -0.133. The lowest BCUT2D eigenvalue weighted by Crippen LogP contribution is -2.56. The average Bonchev–Trinajstić information content (AvgIpc) is 3.72. The Hall–Kier alpha value is -4.87. The zero-order valence-electron chi connectivity index (χ0n) is 28.2. The molecule has 2 N–H and O–H groups in total. The van der Waals surface area contributed by atoms with Gasteiger partial charge in [0.05, 0.1) is 19.1 Å². The summed E-state index contributed by atoms with van der Waals surface area (Å²) in [7, 11) is 3.08. The molecule has 4 atom stereocenters. The van der Waals surface area contributed by atoms with E-state index in [1.807, 2.05) is 44.2 Å². The van der Waals surface area contributed by atoms with E-state index in [2.05, 4.69) is 15.6 Å². The van der Waals surface area contributed by atoms with Crippen molar-refractivity contribution in [1.82, 2.24) is 25.4 Å². The zero-order chi connectivity index (χ0) is 34.4. The maximum atomic E-state index is 14.1. The Morgan fingerprint density at radius 2 is 1.71 bits per heavy atom. The molecule has 0 aliphatic carbocycles. The van der Waals surface area contributed by atoms with Crippen LogP contribution >= 0.6 is 0 Å². The largest absolute Gasteiger partial charge is 0.493 e. The van der Waals surface area contributed by atoms with E-state index < -0.39 is 12.0 Å². The lowest BCUT2D eigenvalue weighted by Gasteiger charge is -2.39. The van der Waals surface area contributed by atoms with Crippen LogP contribution in [0.1, 0.15) is 58.9 Å². The van der Waals surface area contributed by atoms with Crippen LogP contribution in [-0.2, 0) is 16.0 Å². The fraction of sp³-hybridized carbons (Fsp3) is 0.472. The number of fused-ring (bicyclic) bond motifs is 1. The Balaban J connectivity index is 1.36. The summed E-state index contributed by atoms with van der Waals surface area (Å²) in [5, 5.41) is 5.67. The maximum absolute atomic E-state index is 14.1. The molecular weight excluding hydrogens is 614 g/mol. The number of carbonyl (C=O) groups is 4. The fourth-order valence-corrected chi connectivity index (χ4v) is 6.76. The molecular formula is C36H45N5O7. The Morgan fingerprint density at radius 1 is 0.979 bits per heavy atom. The number of aryl methyl sites for hydroxylation is 2. The predicted molar refractivity (Wildman–Crippen MR) is 178 cm³/mol. The van der Waals surface area contributed by atoms with Crippen LogP contribution in [0.25, 0.3) is 0 Å². The summed E-state index contributed by atoms with van der Waals surface area (Å²) in [6, 6.07) is 14.3. The van der Waals surface area contributed by atoms with E-state index in [9.17, 15) is 19.2 Å². The number of aromatic nitrogens is 1. The molecule has 3 heterocycles. The van der Waals surface area contributed by atoms with Crippen molar-refractivity contribution in [2.24, 2.45) is 17.8 Å². The average molecular weight is 660 g/mol. The number of hydrogen-bond donors (Lipinski definition) is 2. The molecule has 12 heteroatoms. The van der Waals surface area contributed by atoms with Gasteiger partial charge in [-0.3, -0.25) is 19.2 Å². The van der Waals surface area contributed by atoms with Crippen molar-refractivity contribution < 1.29 is 33.1 Å². The van der Waals surface area contributed by atoms with Crippen LogP contribution in [0.2, 0.25) is 0 Å². The van der Waals surface area contributed by atoms with Crippen LogP contribution in [0.3, 0.4) is 0 Å². The molecule has 4 amide bonds. The number of amides is 4. The number of benzene rings is 2. The van der Waals surface area contributed by atoms with Crippen molar-refractivity contribution in [3.05, 3.63) is 77.5 Å². The first kappa shape index (κ1) is 34.5. The smallest absolute Gasteiger partial charge is 0.276 e. The van der Waals surface area contributed by atoms with Gasteiger partial charge in [-0.1, -0.05) is 30.3 Å². The van der Waals surface area contributed by atoms with Gasteiger partial charge in [-0.05, 0) is 75.6 Å². The third kappa shape index (κ3) is 7.80. The van der Waals surface area contributed by atoms with Gasteiger partial charge in [0.2, 0.25) is 11.8 Å². The molecule has 2 aliphatic rings. The molecule has 0 saturated carbocycles.